The number of hydrogen-bond donors (Lipinski definition) is 1. The van der Waals surface area contributed by atoms with Crippen LogP contribution in [0.2, 0.25) is 10.0 Å². The fourth-order valence-electron chi connectivity index (χ4n) is 3.04. The number of aryl methyl sites for hydroxylation is 1. The normalized spacial score (nSPS) is 16.6. The van der Waals surface area contributed by atoms with E-state index in [4.69, 9.17) is 38.4 Å². The second-order valence-electron chi connectivity index (χ2n) is 7.11. The smallest absolute Gasteiger partial charge is 0.265 e. The summed E-state index contributed by atoms with van der Waals surface area (Å²) in [5.41, 5.74) is 7.51. The van der Waals surface area contributed by atoms with Crippen LogP contribution in [0.4, 0.5) is 5.00 Å². The lowest BCUT2D eigenvalue weighted by Crippen LogP contribution is -2.40. The summed E-state index contributed by atoms with van der Waals surface area (Å²) in [4.78, 5) is 28.9. The van der Waals surface area contributed by atoms with E-state index < -0.39 is 0 Å². The maximum Gasteiger partial charge on any atom is 0.265 e. The van der Waals surface area contributed by atoms with Crippen molar-refractivity contribution >= 4 is 62.7 Å². The topological polar surface area (TPSA) is 85.1 Å². The quantitative estimate of drug-likeness (QED) is 0.667. The van der Waals surface area contributed by atoms with Crippen molar-refractivity contribution in [3.8, 4) is 0 Å². The van der Waals surface area contributed by atoms with Gasteiger partial charge in [-0.1, -0.05) is 23.2 Å². The monoisotopic (exact) mass is 505 g/mol. The molecular weight excluding hydrogens is 481 g/mol. The van der Waals surface area contributed by atoms with Gasteiger partial charge in [0, 0.05) is 31.7 Å². The molecule has 2 aromatic rings. The van der Waals surface area contributed by atoms with Gasteiger partial charge < -0.3 is 25.0 Å². The molecular formula is C20H25Cl2N3O4S2. The van der Waals surface area contributed by atoms with Gasteiger partial charge in [-0.2, -0.15) is 0 Å². The lowest BCUT2D eigenvalue weighted by Gasteiger charge is -2.26. The molecule has 170 valence electrons. The number of carbonyl (C=O) groups is 2. The fourth-order valence-corrected chi connectivity index (χ4v) is 5.57. The van der Waals surface area contributed by atoms with Crippen LogP contribution in [-0.2, 0) is 9.47 Å². The largest absolute Gasteiger partial charge is 0.390 e. The minimum atomic E-state index is -0.0434. The van der Waals surface area contributed by atoms with Gasteiger partial charge in [0.25, 0.3) is 11.8 Å². The van der Waals surface area contributed by atoms with E-state index in [9.17, 15) is 9.59 Å². The number of morpholine rings is 2. The summed E-state index contributed by atoms with van der Waals surface area (Å²) >= 11 is 14.8. The van der Waals surface area contributed by atoms with Crippen LogP contribution in [0.15, 0.2) is 5.38 Å². The number of nitrogens with zero attached hydrogens (tertiary/aromatic N) is 2. The summed E-state index contributed by atoms with van der Waals surface area (Å²) in [5, 5.41) is 3.60. The zero-order valence-corrected chi connectivity index (χ0v) is 20.6. The second-order valence-corrected chi connectivity index (χ2v) is 9.79. The SMILES string of the molecule is Cc1c(N)sc(C(=O)N2CCOCC2)c1Cl.Cc1csc(C(=O)N2CCOCC2)c1Cl. The van der Waals surface area contributed by atoms with Gasteiger partial charge in [0.2, 0.25) is 0 Å². The van der Waals surface area contributed by atoms with Crippen molar-refractivity contribution in [2.75, 3.05) is 58.3 Å². The third-order valence-corrected chi connectivity index (χ3v) is 8.37. The van der Waals surface area contributed by atoms with Gasteiger partial charge in [-0.3, -0.25) is 9.59 Å². The molecule has 2 N–H and O–H groups in total. The van der Waals surface area contributed by atoms with E-state index in [1.165, 1.54) is 22.7 Å². The molecule has 4 rings (SSSR count). The summed E-state index contributed by atoms with van der Waals surface area (Å²) < 4.78 is 10.4. The fraction of sp³-hybridized carbons (Fsp3) is 0.500. The number of carbonyl (C=O) groups excluding carboxylic acids is 2. The van der Waals surface area contributed by atoms with E-state index in [0.717, 1.165) is 11.1 Å². The molecule has 0 spiro atoms. The lowest BCUT2D eigenvalue weighted by atomic mass is 10.3. The van der Waals surface area contributed by atoms with Crippen LogP contribution in [0.5, 0.6) is 0 Å². The Balaban J connectivity index is 0.000000176. The first-order chi connectivity index (χ1) is 14.8. The lowest BCUT2D eigenvalue weighted by molar-refractivity contribution is 0.0304. The van der Waals surface area contributed by atoms with Gasteiger partial charge in [-0.15, -0.1) is 22.7 Å². The Morgan fingerprint density at radius 1 is 0.903 bits per heavy atom. The van der Waals surface area contributed by atoms with E-state index in [1.807, 2.05) is 19.2 Å². The van der Waals surface area contributed by atoms with Crippen LogP contribution >= 0.6 is 45.9 Å². The molecule has 0 aliphatic carbocycles. The third-order valence-electron chi connectivity index (χ3n) is 4.99. The summed E-state index contributed by atoms with van der Waals surface area (Å²) in [5.74, 6) is -0.0144. The summed E-state index contributed by atoms with van der Waals surface area (Å²) in [6.45, 7) is 8.70. The van der Waals surface area contributed by atoms with Crippen molar-refractivity contribution in [2.24, 2.45) is 0 Å². The molecule has 2 aliphatic rings. The van der Waals surface area contributed by atoms with Crippen molar-refractivity contribution < 1.29 is 19.1 Å². The van der Waals surface area contributed by atoms with E-state index in [2.05, 4.69) is 0 Å². The van der Waals surface area contributed by atoms with E-state index in [0.29, 0.717) is 77.4 Å². The van der Waals surface area contributed by atoms with E-state index >= 15 is 0 Å². The molecule has 7 nitrogen and oxygen atoms in total. The number of amides is 2. The summed E-state index contributed by atoms with van der Waals surface area (Å²) in [6.07, 6.45) is 0. The standard InChI is InChI=1S/C10H13ClN2O2S.C10H12ClNO2S/c1-6-7(11)8(16-9(6)12)10(14)13-2-4-15-5-3-13;1-7-6-15-9(8(7)11)10(13)12-2-4-14-5-3-12/h2-5,12H2,1H3;6H,2-5H2,1H3. The summed E-state index contributed by atoms with van der Waals surface area (Å²) in [7, 11) is 0. The van der Waals surface area contributed by atoms with Gasteiger partial charge in [-0.05, 0) is 24.8 Å². The van der Waals surface area contributed by atoms with Crippen LogP contribution < -0.4 is 5.73 Å². The predicted molar refractivity (Wildman–Crippen MR) is 126 cm³/mol. The van der Waals surface area contributed by atoms with Crippen molar-refractivity contribution in [2.45, 2.75) is 13.8 Å². The van der Waals surface area contributed by atoms with Gasteiger partial charge >= 0.3 is 0 Å². The van der Waals surface area contributed by atoms with Crippen molar-refractivity contribution in [3.05, 3.63) is 36.3 Å². The van der Waals surface area contributed by atoms with Gasteiger partial charge in [-0.25, -0.2) is 0 Å². The predicted octanol–water partition coefficient (Wildman–Crippen LogP) is 3.95. The summed E-state index contributed by atoms with van der Waals surface area (Å²) in [6, 6.07) is 0. The van der Waals surface area contributed by atoms with Crippen LogP contribution in [-0.4, -0.2) is 74.2 Å². The molecule has 31 heavy (non-hydrogen) atoms. The first kappa shape index (κ1) is 24.3. The number of hydrogen-bond acceptors (Lipinski definition) is 7. The van der Waals surface area contributed by atoms with Gasteiger partial charge in [0.15, 0.2) is 0 Å². The van der Waals surface area contributed by atoms with Crippen molar-refractivity contribution in [1.82, 2.24) is 9.80 Å². The number of ether oxygens (including phenoxy) is 2. The van der Waals surface area contributed by atoms with E-state index in [1.54, 1.807) is 9.80 Å². The highest BCUT2D eigenvalue weighted by Crippen LogP contribution is 2.35. The maximum atomic E-state index is 12.1. The molecule has 2 aliphatic heterocycles. The molecule has 0 bridgehead atoms. The number of nitrogen functional groups attached to an aromatic ring is 1. The molecule has 2 amide bonds. The average Bonchev–Trinajstić information content (AvgIpc) is 3.27. The zero-order chi connectivity index (χ0) is 22.5. The number of thiophene rings is 2. The van der Waals surface area contributed by atoms with Crippen LogP contribution in [0.1, 0.15) is 30.5 Å². The first-order valence-corrected chi connectivity index (χ1v) is 12.3. The molecule has 0 radical (unpaired) electrons. The first-order valence-electron chi connectivity index (χ1n) is 9.83. The number of nitrogens with two attached hydrogens (primary N) is 1. The van der Waals surface area contributed by atoms with Gasteiger partial charge in [0.1, 0.15) is 9.75 Å². The van der Waals surface area contributed by atoms with Crippen molar-refractivity contribution in [1.29, 1.82) is 0 Å². The minimum Gasteiger partial charge on any atom is -0.390 e. The molecule has 2 saturated heterocycles. The molecule has 4 heterocycles. The number of anilines is 1. The zero-order valence-electron chi connectivity index (χ0n) is 17.4. The number of halogens is 2. The molecule has 0 atom stereocenters. The third kappa shape index (κ3) is 5.71. The van der Waals surface area contributed by atoms with Crippen LogP contribution in [0.3, 0.4) is 0 Å². The Kier molecular flexibility index (Phi) is 8.60. The molecule has 2 aromatic heterocycles. The minimum absolute atomic E-state index is 0.0291. The molecule has 2 fully saturated rings. The molecule has 0 saturated carbocycles. The Labute approximate surface area is 199 Å². The highest BCUT2D eigenvalue weighted by molar-refractivity contribution is 7.18. The highest BCUT2D eigenvalue weighted by atomic mass is 35.5. The molecule has 11 heteroatoms. The maximum absolute atomic E-state index is 12.1. The van der Waals surface area contributed by atoms with Crippen molar-refractivity contribution in [3.63, 3.8) is 0 Å². The average molecular weight is 506 g/mol. The molecule has 0 aromatic carbocycles. The Morgan fingerprint density at radius 3 is 1.77 bits per heavy atom. The second kappa shape index (κ2) is 11.0. The Morgan fingerprint density at radius 2 is 1.39 bits per heavy atom. The van der Waals surface area contributed by atoms with Gasteiger partial charge in [0.05, 0.1) is 41.5 Å². The molecule has 0 unspecified atom stereocenters. The Bertz CT molecular complexity index is 935. The Hall–Kier alpha value is -1.36. The van der Waals surface area contributed by atoms with E-state index in [-0.39, 0.29) is 11.8 Å². The number of rotatable bonds is 2. The van der Waals surface area contributed by atoms with Crippen LogP contribution in [0, 0.1) is 13.8 Å². The highest BCUT2D eigenvalue weighted by Gasteiger charge is 2.25. The van der Waals surface area contributed by atoms with Crippen LogP contribution in [0.25, 0.3) is 0 Å².